The van der Waals surface area contributed by atoms with Gasteiger partial charge in [-0.05, 0) is 31.9 Å². The molecule has 0 unspecified atom stereocenters. The molecule has 0 radical (unpaired) electrons. The van der Waals surface area contributed by atoms with Gasteiger partial charge >= 0.3 is 0 Å². The standard InChI is InChI=1S/C11H18N4O/c16-11(9-15-8-2-6-14-15)13-7-4-10-3-1-5-12-10/h2,6,8,10,12H,1,3-5,7,9H2,(H,13,16)/t10-/m1/s1. The first kappa shape index (κ1) is 11.1. The monoisotopic (exact) mass is 222 g/mol. The Morgan fingerprint density at radius 2 is 2.56 bits per heavy atom. The van der Waals surface area contributed by atoms with Crippen molar-refractivity contribution in [1.29, 1.82) is 0 Å². The molecule has 2 N–H and O–H groups in total. The molecule has 0 aromatic carbocycles. The summed E-state index contributed by atoms with van der Waals surface area (Å²) < 4.78 is 1.63. The van der Waals surface area contributed by atoms with Crippen LogP contribution in [0.5, 0.6) is 0 Å². The van der Waals surface area contributed by atoms with Crippen LogP contribution in [-0.2, 0) is 11.3 Å². The van der Waals surface area contributed by atoms with Crippen molar-refractivity contribution in [2.45, 2.75) is 31.8 Å². The Hall–Kier alpha value is -1.36. The van der Waals surface area contributed by atoms with Gasteiger partial charge in [-0.25, -0.2) is 0 Å². The van der Waals surface area contributed by atoms with Crippen molar-refractivity contribution < 1.29 is 4.79 Å². The zero-order valence-electron chi connectivity index (χ0n) is 9.35. The molecule has 1 atom stereocenters. The number of hydrogen-bond acceptors (Lipinski definition) is 3. The van der Waals surface area contributed by atoms with Gasteiger partial charge in [-0.1, -0.05) is 0 Å². The van der Waals surface area contributed by atoms with E-state index in [0.29, 0.717) is 12.6 Å². The number of amides is 1. The maximum absolute atomic E-state index is 11.5. The second kappa shape index (κ2) is 5.65. The van der Waals surface area contributed by atoms with E-state index in [1.165, 1.54) is 12.8 Å². The summed E-state index contributed by atoms with van der Waals surface area (Å²) in [4.78, 5) is 11.5. The third kappa shape index (κ3) is 3.34. The van der Waals surface area contributed by atoms with Crippen LogP contribution in [0.4, 0.5) is 0 Å². The van der Waals surface area contributed by atoms with Gasteiger partial charge in [-0.2, -0.15) is 5.10 Å². The van der Waals surface area contributed by atoms with Crippen LogP contribution >= 0.6 is 0 Å². The highest BCUT2D eigenvalue weighted by Crippen LogP contribution is 2.07. The van der Waals surface area contributed by atoms with Gasteiger partial charge < -0.3 is 10.6 Å². The highest BCUT2D eigenvalue weighted by Gasteiger charge is 2.13. The molecule has 88 valence electrons. The van der Waals surface area contributed by atoms with E-state index in [1.54, 1.807) is 17.1 Å². The van der Waals surface area contributed by atoms with Gasteiger partial charge in [-0.3, -0.25) is 9.48 Å². The number of aromatic nitrogens is 2. The topological polar surface area (TPSA) is 59.0 Å². The first-order valence-corrected chi connectivity index (χ1v) is 5.82. The fourth-order valence-corrected chi connectivity index (χ4v) is 1.99. The van der Waals surface area contributed by atoms with E-state index in [9.17, 15) is 4.79 Å². The lowest BCUT2D eigenvalue weighted by molar-refractivity contribution is -0.121. The zero-order valence-corrected chi connectivity index (χ0v) is 9.35. The van der Waals surface area contributed by atoms with Gasteiger partial charge in [-0.15, -0.1) is 0 Å². The molecule has 0 spiro atoms. The molecule has 1 aromatic heterocycles. The molecule has 1 saturated heterocycles. The lowest BCUT2D eigenvalue weighted by Crippen LogP contribution is -2.32. The minimum Gasteiger partial charge on any atom is -0.354 e. The van der Waals surface area contributed by atoms with Crippen molar-refractivity contribution in [2.24, 2.45) is 0 Å². The predicted molar refractivity (Wildman–Crippen MR) is 60.9 cm³/mol. The second-order valence-corrected chi connectivity index (χ2v) is 4.14. The van der Waals surface area contributed by atoms with E-state index in [-0.39, 0.29) is 5.91 Å². The fraction of sp³-hybridized carbons (Fsp3) is 0.636. The Bertz CT molecular complexity index is 317. The number of carbonyl (C=O) groups is 1. The van der Waals surface area contributed by atoms with Gasteiger partial charge in [0, 0.05) is 25.0 Å². The minimum atomic E-state index is 0.0293. The Morgan fingerprint density at radius 3 is 3.25 bits per heavy atom. The molecule has 1 aromatic rings. The van der Waals surface area contributed by atoms with Crippen LogP contribution in [-0.4, -0.2) is 34.8 Å². The van der Waals surface area contributed by atoms with E-state index < -0.39 is 0 Å². The summed E-state index contributed by atoms with van der Waals surface area (Å²) in [7, 11) is 0. The number of hydrogen-bond donors (Lipinski definition) is 2. The lowest BCUT2D eigenvalue weighted by Gasteiger charge is -2.10. The maximum Gasteiger partial charge on any atom is 0.241 e. The average molecular weight is 222 g/mol. The summed E-state index contributed by atoms with van der Waals surface area (Å²) in [6.45, 7) is 2.18. The van der Waals surface area contributed by atoms with E-state index in [1.807, 2.05) is 6.07 Å². The first-order valence-electron chi connectivity index (χ1n) is 5.82. The third-order valence-electron chi connectivity index (χ3n) is 2.84. The summed E-state index contributed by atoms with van der Waals surface area (Å²) in [5, 5.41) is 10.3. The first-order chi connectivity index (χ1) is 7.84. The molecule has 1 aliphatic rings. The van der Waals surface area contributed by atoms with Gasteiger partial charge in [0.05, 0.1) is 0 Å². The summed E-state index contributed by atoms with van der Waals surface area (Å²) in [5.74, 6) is 0.0293. The summed E-state index contributed by atoms with van der Waals surface area (Å²) in [6, 6.07) is 2.40. The van der Waals surface area contributed by atoms with Crippen LogP contribution < -0.4 is 10.6 Å². The predicted octanol–water partition coefficient (Wildman–Crippen LogP) is 0.141. The van der Waals surface area contributed by atoms with Crippen LogP contribution in [0.1, 0.15) is 19.3 Å². The van der Waals surface area contributed by atoms with Crippen molar-refractivity contribution in [2.75, 3.05) is 13.1 Å². The zero-order chi connectivity index (χ0) is 11.2. The van der Waals surface area contributed by atoms with Gasteiger partial charge in [0.15, 0.2) is 0 Å². The minimum absolute atomic E-state index is 0.0293. The molecule has 0 saturated carbocycles. The largest absolute Gasteiger partial charge is 0.354 e. The molecule has 5 heteroatoms. The molecule has 1 aliphatic heterocycles. The van der Waals surface area contributed by atoms with E-state index in [0.717, 1.165) is 19.5 Å². The molecule has 1 fully saturated rings. The Morgan fingerprint density at radius 1 is 1.62 bits per heavy atom. The summed E-state index contributed by atoms with van der Waals surface area (Å²) in [5.41, 5.74) is 0. The van der Waals surface area contributed by atoms with E-state index >= 15 is 0 Å². The normalized spacial score (nSPS) is 19.9. The molecule has 2 rings (SSSR count). The molecule has 1 amide bonds. The Balaban J connectivity index is 1.60. The van der Waals surface area contributed by atoms with Crippen LogP contribution in [0, 0.1) is 0 Å². The van der Waals surface area contributed by atoms with Gasteiger partial charge in [0.1, 0.15) is 6.54 Å². The Labute approximate surface area is 95.2 Å². The number of rotatable bonds is 5. The third-order valence-corrected chi connectivity index (χ3v) is 2.84. The molecule has 5 nitrogen and oxygen atoms in total. The van der Waals surface area contributed by atoms with Crippen molar-refractivity contribution >= 4 is 5.91 Å². The maximum atomic E-state index is 11.5. The van der Waals surface area contributed by atoms with Crippen molar-refractivity contribution in [3.05, 3.63) is 18.5 Å². The van der Waals surface area contributed by atoms with Crippen LogP contribution in [0.3, 0.4) is 0 Å². The highest BCUT2D eigenvalue weighted by molar-refractivity contribution is 5.75. The molecular weight excluding hydrogens is 204 g/mol. The molecule has 2 heterocycles. The molecule has 0 aliphatic carbocycles. The quantitative estimate of drug-likeness (QED) is 0.745. The Kier molecular flexibility index (Phi) is 3.93. The smallest absolute Gasteiger partial charge is 0.241 e. The summed E-state index contributed by atoms with van der Waals surface area (Å²) in [6.07, 6.45) is 6.97. The average Bonchev–Trinajstić information content (AvgIpc) is 2.90. The van der Waals surface area contributed by atoms with Crippen LogP contribution in [0.2, 0.25) is 0 Å². The van der Waals surface area contributed by atoms with Crippen molar-refractivity contribution in [1.82, 2.24) is 20.4 Å². The van der Waals surface area contributed by atoms with E-state index in [2.05, 4.69) is 15.7 Å². The van der Waals surface area contributed by atoms with E-state index in [4.69, 9.17) is 0 Å². The highest BCUT2D eigenvalue weighted by atomic mass is 16.2. The second-order valence-electron chi connectivity index (χ2n) is 4.14. The molecular formula is C11H18N4O. The fourth-order valence-electron chi connectivity index (χ4n) is 1.99. The molecule has 16 heavy (non-hydrogen) atoms. The lowest BCUT2D eigenvalue weighted by atomic mass is 10.1. The summed E-state index contributed by atoms with van der Waals surface area (Å²) >= 11 is 0. The number of nitrogens with zero attached hydrogens (tertiary/aromatic N) is 2. The van der Waals surface area contributed by atoms with Gasteiger partial charge in [0.2, 0.25) is 5.91 Å². The number of nitrogens with one attached hydrogen (secondary N) is 2. The van der Waals surface area contributed by atoms with Gasteiger partial charge in [0.25, 0.3) is 0 Å². The molecule has 0 bridgehead atoms. The van der Waals surface area contributed by atoms with Crippen molar-refractivity contribution in [3.63, 3.8) is 0 Å². The number of carbonyl (C=O) groups excluding carboxylic acids is 1. The SMILES string of the molecule is O=C(Cn1cccn1)NCC[C@H]1CCCN1. The van der Waals surface area contributed by atoms with Crippen molar-refractivity contribution in [3.8, 4) is 0 Å². The van der Waals surface area contributed by atoms with Crippen LogP contribution in [0.25, 0.3) is 0 Å². The van der Waals surface area contributed by atoms with Crippen LogP contribution in [0.15, 0.2) is 18.5 Å².